The van der Waals surface area contributed by atoms with Crippen LogP contribution in [0.4, 0.5) is 11.4 Å². The first-order valence-electron chi connectivity index (χ1n) is 5.95. The number of benzene rings is 1. The molecule has 1 aromatic rings. The molecule has 2 N–H and O–H groups in total. The molecule has 1 atom stereocenters. The van der Waals surface area contributed by atoms with Gasteiger partial charge in [-0.3, -0.25) is 0 Å². The monoisotopic (exact) mass is 250 g/mol. The molecule has 1 heterocycles. The predicted octanol–water partition coefficient (Wildman–Crippen LogP) is 1.42. The number of methoxy groups -OCH3 is 2. The zero-order chi connectivity index (χ0) is 13.1. The molecular formula is C13H18N2O3. The molecule has 0 unspecified atom stereocenters. The molecule has 0 aliphatic carbocycles. The molecule has 1 fully saturated rings. The van der Waals surface area contributed by atoms with E-state index in [-0.39, 0.29) is 12.0 Å². The second-order valence-electron chi connectivity index (χ2n) is 4.30. The lowest BCUT2D eigenvalue weighted by molar-refractivity contribution is -0.141. The Kier molecular flexibility index (Phi) is 3.60. The molecular weight excluding hydrogens is 232 g/mol. The number of rotatable bonds is 3. The van der Waals surface area contributed by atoms with Crippen LogP contribution in [0.15, 0.2) is 18.2 Å². The molecule has 0 amide bonds. The van der Waals surface area contributed by atoms with Crippen LogP contribution >= 0.6 is 0 Å². The summed E-state index contributed by atoms with van der Waals surface area (Å²) >= 11 is 0. The lowest BCUT2D eigenvalue weighted by atomic mass is 10.2. The van der Waals surface area contributed by atoms with Gasteiger partial charge in [0.1, 0.15) is 11.8 Å². The van der Waals surface area contributed by atoms with E-state index in [9.17, 15) is 4.79 Å². The normalized spacial score (nSPS) is 18.8. The van der Waals surface area contributed by atoms with E-state index in [1.54, 1.807) is 7.11 Å². The van der Waals surface area contributed by atoms with Crippen molar-refractivity contribution in [3.05, 3.63) is 18.2 Å². The van der Waals surface area contributed by atoms with E-state index >= 15 is 0 Å². The van der Waals surface area contributed by atoms with E-state index in [1.165, 1.54) is 7.11 Å². The zero-order valence-corrected chi connectivity index (χ0v) is 10.7. The molecule has 0 saturated carbocycles. The Morgan fingerprint density at radius 1 is 1.44 bits per heavy atom. The van der Waals surface area contributed by atoms with Gasteiger partial charge in [-0.2, -0.15) is 0 Å². The van der Waals surface area contributed by atoms with Crippen LogP contribution in [0.5, 0.6) is 5.75 Å². The van der Waals surface area contributed by atoms with Crippen LogP contribution in [0.2, 0.25) is 0 Å². The highest BCUT2D eigenvalue weighted by atomic mass is 16.5. The van der Waals surface area contributed by atoms with Crippen molar-refractivity contribution in [3.63, 3.8) is 0 Å². The van der Waals surface area contributed by atoms with Crippen molar-refractivity contribution >= 4 is 17.3 Å². The maximum atomic E-state index is 11.7. The summed E-state index contributed by atoms with van der Waals surface area (Å²) in [6.45, 7) is 0.839. The lowest BCUT2D eigenvalue weighted by Gasteiger charge is -2.25. The number of nitrogens with zero attached hydrogens (tertiary/aromatic N) is 1. The molecule has 5 nitrogen and oxygen atoms in total. The Labute approximate surface area is 106 Å². The molecule has 0 radical (unpaired) electrons. The summed E-state index contributed by atoms with van der Waals surface area (Å²) < 4.78 is 9.95. The Morgan fingerprint density at radius 3 is 2.83 bits per heavy atom. The van der Waals surface area contributed by atoms with Gasteiger partial charge in [-0.15, -0.1) is 0 Å². The second-order valence-corrected chi connectivity index (χ2v) is 4.30. The summed E-state index contributed by atoms with van der Waals surface area (Å²) in [4.78, 5) is 13.7. The Balaban J connectivity index is 2.25. The second kappa shape index (κ2) is 5.16. The fourth-order valence-corrected chi connectivity index (χ4v) is 2.36. The molecule has 1 aliphatic heterocycles. The zero-order valence-electron chi connectivity index (χ0n) is 10.7. The van der Waals surface area contributed by atoms with Gasteiger partial charge >= 0.3 is 5.97 Å². The summed E-state index contributed by atoms with van der Waals surface area (Å²) in [5.41, 5.74) is 7.39. The maximum Gasteiger partial charge on any atom is 0.328 e. The molecule has 1 aliphatic rings. The topological polar surface area (TPSA) is 64.8 Å². The molecule has 98 valence electrons. The van der Waals surface area contributed by atoms with Crippen molar-refractivity contribution in [2.75, 3.05) is 31.4 Å². The third-order valence-corrected chi connectivity index (χ3v) is 3.27. The van der Waals surface area contributed by atoms with Gasteiger partial charge in [0.2, 0.25) is 0 Å². The van der Waals surface area contributed by atoms with E-state index in [2.05, 4.69) is 0 Å². The number of ether oxygens (including phenoxy) is 2. The summed E-state index contributed by atoms with van der Waals surface area (Å²) in [6.07, 6.45) is 1.80. The van der Waals surface area contributed by atoms with Crippen LogP contribution < -0.4 is 15.4 Å². The fourth-order valence-electron chi connectivity index (χ4n) is 2.36. The predicted molar refractivity (Wildman–Crippen MR) is 69.8 cm³/mol. The fraction of sp³-hybridized carbons (Fsp3) is 0.462. The summed E-state index contributed by atoms with van der Waals surface area (Å²) in [6, 6.07) is 5.36. The summed E-state index contributed by atoms with van der Waals surface area (Å²) in [5, 5.41) is 0. The average molecular weight is 250 g/mol. The van der Waals surface area contributed by atoms with Crippen molar-refractivity contribution in [1.82, 2.24) is 0 Å². The molecule has 0 bridgehead atoms. The van der Waals surface area contributed by atoms with Gasteiger partial charge < -0.3 is 20.1 Å². The first-order chi connectivity index (χ1) is 8.67. The summed E-state index contributed by atoms with van der Waals surface area (Å²) in [5.74, 6) is 0.453. The number of nitrogen functional groups attached to an aromatic ring is 1. The van der Waals surface area contributed by atoms with Gasteiger partial charge in [-0.05, 0) is 31.0 Å². The van der Waals surface area contributed by atoms with Crippen molar-refractivity contribution in [3.8, 4) is 5.75 Å². The minimum absolute atomic E-state index is 0.193. The van der Waals surface area contributed by atoms with E-state index < -0.39 is 0 Å². The number of hydrogen-bond donors (Lipinski definition) is 1. The number of hydrogen-bond acceptors (Lipinski definition) is 5. The molecule has 1 saturated heterocycles. The third kappa shape index (κ3) is 2.20. The van der Waals surface area contributed by atoms with Crippen LogP contribution in [0.25, 0.3) is 0 Å². The van der Waals surface area contributed by atoms with Crippen molar-refractivity contribution in [2.24, 2.45) is 0 Å². The van der Waals surface area contributed by atoms with Crippen molar-refractivity contribution in [1.29, 1.82) is 0 Å². The van der Waals surface area contributed by atoms with Gasteiger partial charge in [0.15, 0.2) is 0 Å². The number of esters is 1. The first kappa shape index (κ1) is 12.5. The number of anilines is 2. The Hall–Kier alpha value is -1.91. The van der Waals surface area contributed by atoms with Crippen LogP contribution in [-0.2, 0) is 9.53 Å². The molecule has 18 heavy (non-hydrogen) atoms. The summed E-state index contributed by atoms with van der Waals surface area (Å²) in [7, 11) is 3.00. The highest BCUT2D eigenvalue weighted by Gasteiger charge is 2.31. The van der Waals surface area contributed by atoms with Gasteiger partial charge in [0, 0.05) is 12.2 Å². The van der Waals surface area contributed by atoms with Crippen LogP contribution in [0, 0.1) is 0 Å². The molecule has 5 heteroatoms. The van der Waals surface area contributed by atoms with E-state index in [4.69, 9.17) is 15.2 Å². The van der Waals surface area contributed by atoms with Gasteiger partial charge in [-0.1, -0.05) is 0 Å². The first-order valence-corrected chi connectivity index (χ1v) is 5.95. The standard InChI is InChI=1S/C13H18N2O3/c1-17-12-6-5-9(8-10(12)14)15-7-3-4-11(15)13(16)18-2/h5-6,8,11H,3-4,7,14H2,1-2H3/t11-/m0/s1. The molecule has 0 spiro atoms. The SMILES string of the molecule is COC(=O)[C@@H]1CCCN1c1ccc(OC)c(N)c1. The minimum Gasteiger partial charge on any atom is -0.495 e. The van der Waals surface area contributed by atoms with E-state index in [1.807, 2.05) is 23.1 Å². The number of carbonyl (C=O) groups is 1. The minimum atomic E-state index is -0.206. The van der Waals surface area contributed by atoms with E-state index in [0.29, 0.717) is 11.4 Å². The molecule has 2 rings (SSSR count). The maximum absolute atomic E-state index is 11.7. The third-order valence-electron chi connectivity index (χ3n) is 3.27. The van der Waals surface area contributed by atoms with Crippen molar-refractivity contribution < 1.29 is 14.3 Å². The van der Waals surface area contributed by atoms with Gasteiger partial charge in [0.25, 0.3) is 0 Å². The lowest BCUT2D eigenvalue weighted by Crippen LogP contribution is -2.36. The quantitative estimate of drug-likeness (QED) is 0.649. The average Bonchev–Trinajstić information content (AvgIpc) is 2.86. The van der Waals surface area contributed by atoms with Crippen LogP contribution in [-0.4, -0.2) is 32.8 Å². The number of carbonyl (C=O) groups excluding carboxylic acids is 1. The number of nitrogens with two attached hydrogens (primary N) is 1. The smallest absolute Gasteiger partial charge is 0.328 e. The molecule has 0 aromatic heterocycles. The largest absolute Gasteiger partial charge is 0.495 e. The van der Waals surface area contributed by atoms with Crippen LogP contribution in [0.3, 0.4) is 0 Å². The van der Waals surface area contributed by atoms with Crippen LogP contribution in [0.1, 0.15) is 12.8 Å². The Morgan fingerprint density at radius 2 is 2.22 bits per heavy atom. The highest BCUT2D eigenvalue weighted by molar-refractivity contribution is 5.81. The van der Waals surface area contributed by atoms with E-state index in [0.717, 1.165) is 25.1 Å². The highest BCUT2D eigenvalue weighted by Crippen LogP contribution is 2.31. The Bertz CT molecular complexity index is 448. The van der Waals surface area contributed by atoms with Gasteiger partial charge in [-0.25, -0.2) is 4.79 Å². The van der Waals surface area contributed by atoms with Crippen molar-refractivity contribution in [2.45, 2.75) is 18.9 Å². The van der Waals surface area contributed by atoms with Gasteiger partial charge in [0.05, 0.1) is 19.9 Å². The molecule has 1 aromatic carbocycles.